The lowest BCUT2D eigenvalue weighted by Gasteiger charge is -2.17. The zero-order chi connectivity index (χ0) is 18.5. The highest BCUT2D eigenvalue weighted by Gasteiger charge is 2.39. The molecule has 0 bridgehead atoms. The minimum absolute atomic E-state index is 0.0982. The smallest absolute Gasteiger partial charge is 0.139 e. The molecule has 6 heteroatoms. The van der Waals surface area contributed by atoms with E-state index in [2.05, 4.69) is 44.2 Å². The maximum absolute atomic E-state index is 9.43. The van der Waals surface area contributed by atoms with Crippen molar-refractivity contribution in [2.45, 2.75) is 65.0 Å². The van der Waals surface area contributed by atoms with Crippen molar-refractivity contribution in [1.29, 1.82) is 5.26 Å². The summed E-state index contributed by atoms with van der Waals surface area (Å²) in [5.74, 6) is 1.60. The SMILES string of the molecule is Cc1c(Cc2nc3c(c(NC4(C)CC4)n2)C(C#N)=CC3)cnn1C(C)C. The molecule has 0 saturated heterocycles. The van der Waals surface area contributed by atoms with E-state index in [0.717, 1.165) is 47.0 Å². The van der Waals surface area contributed by atoms with Gasteiger partial charge >= 0.3 is 0 Å². The van der Waals surface area contributed by atoms with Crippen LogP contribution in [-0.4, -0.2) is 25.3 Å². The van der Waals surface area contributed by atoms with Gasteiger partial charge in [-0.1, -0.05) is 6.08 Å². The number of nitrogens with zero attached hydrogens (tertiary/aromatic N) is 5. The maximum atomic E-state index is 9.43. The van der Waals surface area contributed by atoms with Gasteiger partial charge in [0.25, 0.3) is 0 Å². The van der Waals surface area contributed by atoms with E-state index < -0.39 is 0 Å². The second kappa shape index (κ2) is 5.94. The summed E-state index contributed by atoms with van der Waals surface area (Å²) < 4.78 is 2.03. The molecule has 2 aliphatic carbocycles. The average Bonchev–Trinajstić information content (AvgIpc) is 3.02. The number of nitriles is 1. The van der Waals surface area contributed by atoms with Gasteiger partial charge in [-0.2, -0.15) is 10.4 Å². The Morgan fingerprint density at radius 2 is 2.12 bits per heavy atom. The van der Waals surface area contributed by atoms with Crippen LogP contribution >= 0.6 is 0 Å². The predicted octanol–water partition coefficient (Wildman–Crippen LogP) is 3.58. The molecular weight excluding hydrogens is 324 g/mol. The Labute approximate surface area is 154 Å². The van der Waals surface area contributed by atoms with Crippen LogP contribution in [0.5, 0.6) is 0 Å². The van der Waals surface area contributed by atoms with Crippen LogP contribution in [0.1, 0.15) is 68.0 Å². The van der Waals surface area contributed by atoms with E-state index >= 15 is 0 Å². The van der Waals surface area contributed by atoms with E-state index in [1.54, 1.807) is 0 Å². The van der Waals surface area contributed by atoms with Crippen molar-refractivity contribution in [3.8, 4) is 6.07 Å². The lowest BCUT2D eigenvalue weighted by Crippen LogP contribution is -2.19. The van der Waals surface area contributed by atoms with Gasteiger partial charge in [0.15, 0.2) is 0 Å². The van der Waals surface area contributed by atoms with E-state index in [-0.39, 0.29) is 5.54 Å². The Morgan fingerprint density at radius 3 is 2.73 bits per heavy atom. The summed E-state index contributed by atoms with van der Waals surface area (Å²) in [6, 6.07) is 2.62. The van der Waals surface area contributed by atoms with Crippen molar-refractivity contribution < 1.29 is 0 Å². The Morgan fingerprint density at radius 1 is 1.35 bits per heavy atom. The van der Waals surface area contributed by atoms with Crippen molar-refractivity contribution in [3.05, 3.63) is 40.6 Å². The maximum Gasteiger partial charge on any atom is 0.139 e. The third-order valence-electron chi connectivity index (χ3n) is 5.32. The number of fused-ring (bicyclic) bond motifs is 1. The quantitative estimate of drug-likeness (QED) is 0.893. The van der Waals surface area contributed by atoms with Gasteiger partial charge in [0, 0.05) is 35.7 Å². The van der Waals surface area contributed by atoms with E-state index in [1.165, 1.54) is 0 Å². The van der Waals surface area contributed by atoms with Crippen molar-refractivity contribution in [3.63, 3.8) is 0 Å². The molecule has 0 radical (unpaired) electrons. The van der Waals surface area contributed by atoms with Crippen molar-refractivity contribution in [1.82, 2.24) is 19.7 Å². The molecule has 0 aromatic carbocycles. The van der Waals surface area contributed by atoms with E-state index in [4.69, 9.17) is 9.97 Å². The summed E-state index contributed by atoms with van der Waals surface area (Å²) in [5.41, 5.74) is 4.92. The van der Waals surface area contributed by atoms with Gasteiger partial charge in [-0.25, -0.2) is 9.97 Å². The Bertz CT molecular complexity index is 940. The normalized spacial score (nSPS) is 17.0. The fourth-order valence-electron chi connectivity index (χ4n) is 3.48. The third-order valence-corrected chi connectivity index (χ3v) is 5.32. The number of hydrogen-bond donors (Lipinski definition) is 1. The second-order valence-corrected chi connectivity index (χ2v) is 7.90. The molecule has 2 heterocycles. The molecule has 0 amide bonds. The first-order valence-corrected chi connectivity index (χ1v) is 9.22. The standard InChI is InChI=1S/C20H24N6/c1-12(2)26-13(3)15(11-22-26)9-17-23-16-6-5-14(10-21)18(16)19(24-17)25-20(4)7-8-20/h5,11-12H,6-9H2,1-4H3,(H,23,24,25). The Balaban J connectivity index is 1.70. The van der Waals surface area contributed by atoms with E-state index in [1.807, 2.05) is 17.0 Å². The van der Waals surface area contributed by atoms with E-state index in [9.17, 15) is 5.26 Å². The van der Waals surface area contributed by atoms with Crippen LogP contribution in [0.25, 0.3) is 5.57 Å². The topological polar surface area (TPSA) is 79.4 Å². The van der Waals surface area contributed by atoms with Crippen LogP contribution < -0.4 is 5.32 Å². The first-order valence-electron chi connectivity index (χ1n) is 9.22. The highest BCUT2D eigenvalue weighted by atomic mass is 15.3. The fraction of sp³-hybridized carbons (Fsp3) is 0.500. The summed E-state index contributed by atoms with van der Waals surface area (Å²) in [6.45, 7) is 8.55. The molecule has 0 unspecified atom stereocenters. The molecule has 1 saturated carbocycles. The van der Waals surface area contributed by atoms with Gasteiger partial charge in [0.1, 0.15) is 11.6 Å². The van der Waals surface area contributed by atoms with Crippen LogP contribution in [0, 0.1) is 18.3 Å². The lowest BCUT2D eigenvalue weighted by atomic mass is 10.1. The number of allylic oxidation sites excluding steroid dienone is 2. The summed E-state index contributed by atoms with van der Waals surface area (Å²) >= 11 is 0. The zero-order valence-corrected chi connectivity index (χ0v) is 15.8. The molecule has 2 aliphatic rings. The van der Waals surface area contributed by atoms with Crippen molar-refractivity contribution in [2.75, 3.05) is 5.32 Å². The van der Waals surface area contributed by atoms with Crippen LogP contribution in [0.4, 0.5) is 5.82 Å². The molecule has 4 rings (SSSR count). The number of aromatic nitrogens is 4. The molecule has 2 aromatic rings. The Kier molecular flexibility index (Phi) is 3.83. The second-order valence-electron chi connectivity index (χ2n) is 7.90. The van der Waals surface area contributed by atoms with Gasteiger partial charge in [-0.15, -0.1) is 0 Å². The number of nitrogens with one attached hydrogen (secondary N) is 1. The highest BCUT2D eigenvalue weighted by Crippen LogP contribution is 2.41. The monoisotopic (exact) mass is 348 g/mol. The number of rotatable bonds is 5. The van der Waals surface area contributed by atoms with Gasteiger partial charge in [-0.05, 0) is 40.5 Å². The van der Waals surface area contributed by atoms with Gasteiger partial charge in [-0.3, -0.25) is 4.68 Å². The summed E-state index contributed by atoms with van der Waals surface area (Å²) in [4.78, 5) is 9.57. The molecule has 26 heavy (non-hydrogen) atoms. The molecular formula is C20H24N6. The Hall–Kier alpha value is -2.68. The molecule has 1 N–H and O–H groups in total. The summed E-state index contributed by atoms with van der Waals surface area (Å²) in [7, 11) is 0. The number of hydrogen-bond acceptors (Lipinski definition) is 5. The summed E-state index contributed by atoms with van der Waals surface area (Å²) in [5, 5.41) is 17.5. The zero-order valence-electron chi connectivity index (χ0n) is 15.8. The van der Waals surface area contributed by atoms with Crippen LogP contribution in [0.2, 0.25) is 0 Å². The molecule has 0 atom stereocenters. The predicted molar refractivity (Wildman–Crippen MR) is 101 cm³/mol. The minimum Gasteiger partial charge on any atom is -0.364 e. The van der Waals surface area contributed by atoms with Crippen LogP contribution in [0.15, 0.2) is 12.3 Å². The van der Waals surface area contributed by atoms with Crippen molar-refractivity contribution in [2.24, 2.45) is 0 Å². The van der Waals surface area contributed by atoms with Gasteiger partial charge < -0.3 is 5.32 Å². The minimum atomic E-state index is 0.0982. The van der Waals surface area contributed by atoms with Crippen LogP contribution in [-0.2, 0) is 12.8 Å². The lowest BCUT2D eigenvalue weighted by molar-refractivity contribution is 0.518. The first-order chi connectivity index (χ1) is 12.4. The molecule has 6 nitrogen and oxygen atoms in total. The largest absolute Gasteiger partial charge is 0.364 e. The first kappa shape index (κ1) is 16.8. The molecule has 0 aliphatic heterocycles. The highest BCUT2D eigenvalue weighted by molar-refractivity contribution is 5.87. The summed E-state index contributed by atoms with van der Waals surface area (Å²) in [6.07, 6.45) is 7.48. The third kappa shape index (κ3) is 2.88. The molecule has 2 aromatic heterocycles. The average molecular weight is 348 g/mol. The van der Waals surface area contributed by atoms with E-state index in [0.29, 0.717) is 24.5 Å². The van der Waals surface area contributed by atoms with Gasteiger partial charge in [0.05, 0.1) is 29.1 Å². The molecule has 0 spiro atoms. The van der Waals surface area contributed by atoms with Crippen LogP contribution in [0.3, 0.4) is 0 Å². The molecule has 1 fully saturated rings. The molecule has 134 valence electrons. The fourth-order valence-corrected chi connectivity index (χ4v) is 3.48. The van der Waals surface area contributed by atoms with Gasteiger partial charge in [0.2, 0.25) is 0 Å². The number of anilines is 1. The van der Waals surface area contributed by atoms with Crippen molar-refractivity contribution >= 4 is 11.4 Å².